The van der Waals surface area contributed by atoms with Crippen LogP contribution in [0.5, 0.6) is 0 Å². The molecule has 5 heteroatoms. The highest BCUT2D eigenvalue weighted by Crippen LogP contribution is 2.21. The van der Waals surface area contributed by atoms with E-state index in [4.69, 9.17) is 5.11 Å². The summed E-state index contributed by atoms with van der Waals surface area (Å²) in [5, 5.41) is 13.1. The summed E-state index contributed by atoms with van der Waals surface area (Å²) >= 11 is 0. The molecule has 0 atom stereocenters. The van der Waals surface area contributed by atoms with Crippen LogP contribution < -0.4 is 0 Å². The molecule has 0 spiro atoms. The lowest BCUT2D eigenvalue weighted by Crippen LogP contribution is -1.98. The molecule has 0 radical (unpaired) electrons. The number of carbonyl (C=O) groups is 1. The molecule has 3 rings (SSSR count). The van der Waals surface area contributed by atoms with Crippen LogP contribution in [0, 0.1) is 5.82 Å². The van der Waals surface area contributed by atoms with E-state index >= 15 is 0 Å². The molecule has 104 valence electrons. The van der Waals surface area contributed by atoms with Crippen LogP contribution in [0.1, 0.15) is 10.4 Å². The minimum Gasteiger partial charge on any atom is -0.478 e. The summed E-state index contributed by atoms with van der Waals surface area (Å²) in [5.41, 5.74) is 2.49. The van der Waals surface area contributed by atoms with Gasteiger partial charge in [-0.2, -0.15) is 5.10 Å². The molecule has 2 aromatic carbocycles. The third-order valence-corrected chi connectivity index (χ3v) is 3.12. The molecule has 0 amide bonds. The Morgan fingerprint density at radius 1 is 1.10 bits per heavy atom. The molecule has 0 aliphatic rings. The van der Waals surface area contributed by atoms with Crippen molar-refractivity contribution < 1.29 is 14.3 Å². The van der Waals surface area contributed by atoms with Gasteiger partial charge in [0.05, 0.1) is 17.4 Å². The van der Waals surface area contributed by atoms with Crippen LogP contribution in [-0.4, -0.2) is 20.9 Å². The molecule has 1 N–H and O–H groups in total. The van der Waals surface area contributed by atoms with Gasteiger partial charge in [0.25, 0.3) is 0 Å². The van der Waals surface area contributed by atoms with Crippen LogP contribution in [0.15, 0.2) is 60.9 Å². The maximum atomic E-state index is 13.2. The summed E-state index contributed by atoms with van der Waals surface area (Å²) < 4.78 is 14.8. The van der Waals surface area contributed by atoms with E-state index in [1.807, 2.05) is 0 Å². The van der Waals surface area contributed by atoms with Crippen molar-refractivity contribution in [1.82, 2.24) is 9.78 Å². The predicted octanol–water partition coefficient (Wildman–Crippen LogP) is 3.38. The Hall–Kier alpha value is -2.95. The zero-order valence-electron chi connectivity index (χ0n) is 10.9. The maximum Gasteiger partial charge on any atom is 0.335 e. The van der Waals surface area contributed by atoms with Gasteiger partial charge in [0, 0.05) is 11.8 Å². The molecule has 0 bridgehead atoms. The highest BCUT2D eigenvalue weighted by Gasteiger charge is 2.06. The smallest absolute Gasteiger partial charge is 0.335 e. The minimum absolute atomic E-state index is 0.219. The molecule has 21 heavy (non-hydrogen) atoms. The molecule has 3 aromatic rings. The van der Waals surface area contributed by atoms with Crippen molar-refractivity contribution in [2.75, 3.05) is 0 Å². The largest absolute Gasteiger partial charge is 0.478 e. The van der Waals surface area contributed by atoms with Gasteiger partial charge < -0.3 is 5.11 Å². The standard InChI is InChI=1S/C16H11FN2O2/c17-14-3-1-2-12(8-14)13-9-18-19(10-13)15-6-4-11(5-7-15)16(20)21/h1-10H,(H,20,21). The number of halogens is 1. The summed E-state index contributed by atoms with van der Waals surface area (Å²) in [4.78, 5) is 10.8. The van der Waals surface area contributed by atoms with Gasteiger partial charge in [0.2, 0.25) is 0 Å². The fourth-order valence-electron chi connectivity index (χ4n) is 2.04. The van der Waals surface area contributed by atoms with Gasteiger partial charge >= 0.3 is 5.97 Å². The fourth-order valence-corrected chi connectivity index (χ4v) is 2.04. The van der Waals surface area contributed by atoms with Gasteiger partial charge in [-0.1, -0.05) is 12.1 Å². The third-order valence-electron chi connectivity index (χ3n) is 3.12. The summed E-state index contributed by atoms with van der Waals surface area (Å²) in [5.74, 6) is -1.27. The number of nitrogens with zero attached hydrogens (tertiary/aromatic N) is 2. The lowest BCUT2D eigenvalue weighted by Gasteiger charge is -2.01. The SMILES string of the molecule is O=C(O)c1ccc(-n2cc(-c3cccc(F)c3)cn2)cc1. The van der Waals surface area contributed by atoms with Crippen molar-refractivity contribution in [2.45, 2.75) is 0 Å². The van der Waals surface area contributed by atoms with Crippen LogP contribution in [0.2, 0.25) is 0 Å². The van der Waals surface area contributed by atoms with Crippen molar-refractivity contribution >= 4 is 5.97 Å². The molecule has 0 aliphatic carbocycles. The first-order valence-electron chi connectivity index (χ1n) is 6.28. The molecule has 0 aliphatic heterocycles. The monoisotopic (exact) mass is 282 g/mol. The molecule has 0 saturated heterocycles. The maximum absolute atomic E-state index is 13.2. The molecule has 0 fully saturated rings. The number of carboxylic acids is 1. The van der Waals surface area contributed by atoms with Crippen LogP contribution in [0.25, 0.3) is 16.8 Å². The topological polar surface area (TPSA) is 55.1 Å². The second-order valence-corrected chi connectivity index (χ2v) is 4.54. The van der Waals surface area contributed by atoms with Crippen LogP contribution in [0.3, 0.4) is 0 Å². The summed E-state index contributed by atoms with van der Waals surface area (Å²) in [6.45, 7) is 0. The van der Waals surface area contributed by atoms with Crippen LogP contribution >= 0.6 is 0 Å². The van der Waals surface area contributed by atoms with Crippen molar-refractivity contribution in [3.8, 4) is 16.8 Å². The van der Waals surface area contributed by atoms with E-state index in [1.54, 1.807) is 41.3 Å². The zero-order valence-corrected chi connectivity index (χ0v) is 10.9. The Bertz CT molecular complexity index is 794. The highest BCUT2D eigenvalue weighted by molar-refractivity contribution is 5.87. The molecule has 1 heterocycles. The summed E-state index contributed by atoms with van der Waals surface area (Å²) in [7, 11) is 0. The Kier molecular flexibility index (Phi) is 3.23. The normalized spacial score (nSPS) is 10.5. The predicted molar refractivity (Wildman–Crippen MR) is 75.9 cm³/mol. The first kappa shape index (κ1) is 13.1. The lowest BCUT2D eigenvalue weighted by atomic mass is 10.1. The van der Waals surface area contributed by atoms with E-state index in [1.165, 1.54) is 24.3 Å². The molecular formula is C16H11FN2O2. The number of carboxylic acid groups (broad SMARTS) is 1. The average Bonchev–Trinajstić information content (AvgIpc) is 2.97. The second kappa shape index (κ2) is 5.20. The molecular weight excluding hydrogens is 271 g/mol. The van der Waals surface area contributed by atoms with E-state index in [0.29, 0.717) is 0 Å². The van der Waals surface area contributed by atoms with E-state index < -0.39 is 5.97 Å². The Morgan fingerprint density at radius 2 is 1.86 bits per heavy atom. The molecule has 4 nitrogen and oxygen atoms in total. The zero-order chi connectivity index (χ0) is 14.8. The van der Waals surface area contributed by atoms with Gasteiger partial charge in [-0.05, 0) is 42.0 Å². The average molecular weight is 282 g/mol. The fraction of sp³-hybridized carbons (Fsp3) is 0. The van der Waals surface area contributed by atoms with Crippen molar-refractivity contribution in [2.24, 2.45) is 0 Å². The molecule has 1 aromatic heterocycles. The Morgan fingerprint density at radius 3 is 2.52 bits per heavy atom. The highest BCUT2D eigenvalue weighted by atomic mass is 19.1. The Labute approximate surface area is 120 Å². The number of aromatic nitrogens is 2. The number of benzene rings is 2. The van der Waals surface area contributed by atoms with Crippen molar-refractivity contribution in [3.05, 3.63) is 72.3 Å². The number of hydrogen-bond acceptors (Lipinski definition) is 2. The van der Waals surface area contributed by atoms with E-state index in [2.05, 4.69) is 5.10 Å². The van der Waals surface area contributed by atoms with Crippen LogP contribution in [0.4, 0.5) is 4.39 Å². The van der Waals surface area contributed by atoms with Gasteiger partial charge in [0.15, 0.2) is 0 Å². The quantitative estimate of drug-likeness (QED) is 0.801. The lowest BCUT2D eigenvalue weighted by molar-refractivity contribution is 0.0697. The first-order valence-corrected chi connectivity index (χ1v) is 6.28. The summed E-state index contributed by atoms with van der Waals surface area (Å²) in [6, 6.07) is 12.6. The molecule has 0 unspecified atom stereocenters. The second-order valence-electron chi connectivity index (χ2n) is 4.54. The van der Waals surface area contributed by atoms with E-state index in [0.717, 1.165) is 16.8 Å². The van der Waals surface area contributed by atoms with E-state index in [9.17, 15) is 9.18 Å². The minimum atomic E-state index is -0.970. The van der Waals surface area contributed by atoms with Crippen molar-refractivity contribution in [1.29, 1.82) is 0 Å². The van der Waals surface area contributed by atoms with Crippen LogP contribution in [-0.2, 0) is 0 Å². The summed E-state index contributed by atoms with van der Waals surface area (Å²) in [6.07, 6.45) is 3.41. The van der Waals surface area contributed by atoms with Gasteiger partial charge in [-0.3, -0.25) is 0 Å². The first-order chi connectivity index (χ1) is 10.1. The number of hydrogen-bond donors (Lipinski definition) is 1. The van der Waals surface area contributed by atoms with Gasteiger partial charge in [0.1, 0.15) is 5.82 Å². The van der Waals surface area contributed by atoms with Gasteiger partial charge in [-0.15, -0.1) is 0 Å². The molecule has 0 saturated carbocycles. The number of rotatable bonds is 3. The van der Waals surface area contributed by atoms with E-state index in [-0.39, 0.29) is 11.4 Å². The van der Waals surface area contributed by atoms with Crippen molar-refractivity contribution in [3.63, 3.8) is 0 Å². The number of aromatic carboxylic acids is 1. The van der Waals surface area contributed by atoms with Gasteiger partial charge in [-0.25, -0.2) is 13.9 Å². The third kappa shape index (κ3) is 2.67. The Balaban J connectivity index is 1.93.